The molecular formula is C54H78O3. The van der Waals surface area contributed by atoms with Crippen LogP contribution in [0.25, 0.3) is 33.4 Å². The van der Waals surface area contributed by atoms with Crippen LogP contribution in [-0.4, -0.2) is 15.3 Å². The van der Waals surface area contributed by atoms with Gasteiger partial charge in [-0.15, -0.1) is 0 Å². The number of hydrogen-bond donors (Lipinski definition) is 3. The minimum Gasteiger partial charge on any atom is -0.507 e. The normalized spacial score (nSPS) is 13.7. The van der Waals surface area contributed by atoms with Crippen molar-refractivity contribution in [1.29, 1.82) is 0 Å². The lowest BCUT2D eigenvalue weighted by atomic mass is 9.39. The second-order valence-corrected chi connectivity index (χ2v) is 23.5. The van der Waals surface area contributed by atoms with Crippen LogP contribution in [0.3, 0.4) is 0 Å². The van der Waals surface area contributed by atoms with Crippen molar-refractivity contribution >= 4 is 0 Å². The maximum absolute atomic E-state index is 13.6. The highest BCUT2D eigenvalue weighted by molar-refractivity contribution is 5.97. The first-order chi connectivity index (χ1) is 25.5. The van der Waals surface area contributed by atoms with Gasteiger partial charge in [-0.05, 0) is 141 Å². The van der Waals surface area contributed by atoms with Gasteiger partial charge in [0.15, 0.2) is 0 Å². The Bertz CT molecular complexity index is 2090. The summed E-state index contributed by atoms with van der Waals surface area (Å²) in [6.07, 6.45) is 0. The molecule has 0 bridgehead atoms. The molecule has 0 amide bonds. The van der Waals surface area contributed by atoms with Crippen molar-refractivity contribution in [1.82, 2.24) is 0 Å². The second kappa shape index (κ2) is 14.2. The zero-order valence-electron chi connectivity index (χ0n) is 40.3. The van der Waals surface area contributed by atoms with Crippen LogP contribution in [0.5, 0.6) is 17.2 Å². The lowest BCUT2D eigenvalue weighted by molar-refractivity contribution is -0.0468. The Hall–Kier alpha value is -3.72. The SMILES string of the molecule is Cc1ccc(O)c(-c2c(C)c(-c3cc(C)ccc3O)c(C)c(-c3c(O)c(C(C)(C)C)c(C(C)(C)C)c(C(C(C)(C)C)(C(C)(C)C)C(C)(C)C)c3C(C)(C)C)c2C)c1. The molecule has 0 saturated carbocycles. The standard InChI is InChI=1S/C54H78O3/c1-30-24-26-37(55)35(28-30)39-32(3)40(36-29-31(2)25-27-38(36)56)34(5)41(33(39)4)42-43(48(6,7)8)45(44(49(9,10)11)46(47(42)57)50(12,13)14)54(51(15,16)17,52(18,19)20)53(21,22)23/h24-29,55-57H,1-23H3. The van der Waals surface area contributed by atoms with Crippen LogP contribution < -0.4 is 0 Å². The number of hydrogen-bond acceptors (Lipinski definition) is 3. The smallest absolute Gasteiger partial charge is 0.127 e. The van der Waals surface area contributed by atoms with Gasteiger partial charge >= 0.3 is 0 Å². The Kier molecular flexibility index (Phi) is 11.5. The van der Waals surface area contributed by atoms with Gasteiger partial charge in [-0.3, -0.25) is 0 Å². The van der Waals surface area contributed by atoms with Gasteiger partial charge in [0.2, 0.25) is 0 Å². The lowest BCUT2D eigenvalue weighted by Gasteiger charge is -2.64. The molecule has 0 aromatic heterocycles. The van der Waals surface area contributed by atoms with Crippen molar-refractivity contribution in [2.75, 3.05) is 0 Å². The minimum atomic E-state index is -0.438. The van der Waals surface area contributed by atoms with E-state index in [9.17, 15) is 15.3 Å². The highest BCUT2D eigenvalue weighted by Crippen LogP contribution is 2.68. The molecule has 0 atom stereocenters. The van der Waals surface area contributed by atoms with Crippen LogP contribution in [0.1, 0.15) is 175 Å². The molecule has 0 spiro atoms. The van der Waals surface area contributed by atoms with E-state index in [2.05, 4.69) is 171 Å². The van der Waals surface area contributed by atoms with Crippen LogP contribution >= 0.6 is 0 Å². The van der Waals surface area contributed by atoms with E-state index < -0.39 is 16.2 Å². The molecule has 57 heavy (non-hydrogen) atoms. The molecule has 4 aromatic carbocycles. The van der Waals surface area contributed by atoms with Gasteiger partial charge in [-0.1, -0.05) is 148 Å². The van der Waals surface area contributed by atoms with E-state index in [1.54, 1.807) is 12.1 Å². The summed E-state index contributed by atoms with van der Waals surface area (Å²) in [7, 11) is 0. The Morgan fingerprint density at radius 2 is 0.667 bits per heavy atom. The summed E-state index contributed by atoms with van der Waals surface area (Å²) in [6.45, 7) is 53.0. The van der Waals surface area contributed by atoms with Gasteiger partial charge in [0, 0.05) is 27.7 Å². The van der Waals surface area contributed by atoms with E-state index >= 15 is 0 Å². The monoisotopic (exact) mass is 775 g/mol. The summed E-state index contributed by atoms with van der Waals surface area (Å²) in [5.74, 6) is 0.723. The number of aryl methyl sites for hydroxylation is 2. The fourth-order valence-electron chi connectivity index (χ4n) is 12.2. The van der Waals surface area contributed by atoms with E-state index in [1.807, 2.05) is 12.1 Å². The first-order valence-corrected chi connectivity index (χ1v) is 21.1. The van der Waals surface area contributed by atoms with E-state index in [-0.39, 0.29) is 33.2 Å². The Morgan fingerprint density at radius 1 is 0.351 bits per heavy atom. The third-order valence-electron chi connectivity index (χ3n) is 12.8. The molecular weight excluding hydrogens is 697 g/mol. The predicted octanol–water partition coefficient (Wildman–Crippen LogP) is 15.6. The quantitative estimate of drug-likeness (QED) is 0.193. The van der Waals surface area contributed by atoms with Crippen molar-refractivity contribution in [3.05, 3.63) is 86.5 Å². The van der Waals surface area contributed by atoms with Gasteiger partial charge in [-0.25, -0.2) is 0 Å². The molecule has 0 heterocycles. The maximum Gasteiger partial charge on any atom is 0.127 e. The van der Waals surface area contributed by atoms with E-state index in [0.717, 1.165) is 72.3 Å². The van der Waals surface area contributed by atoms with Crippen LogP contribution in [0.2, 0.25) is 0 Å². The maximum atomic E-state index is 13.6. The number of aromatic hydroxyl groups is 3. The molecule has 0 aliphatic carbocycles. The Morgan fingerprint density at radius 3 is 0.965 bits per heavy atom. The van der Waals surface area contributed by atoms with Gasteiger partial charge in [0.05, 0.1) is 0 Å². The predicted molar refractivity (Wildman–Crippen MR) is 248 cm³/mol. The van der Waals surface area contributed by atoms with E-state index in [1.165, 1.54) is 11.1 Å². The van der Waals surface area contributed by atoms with E-state index in [0.29, 0.717) is 5.75 Å². The number of phenolic OH excluding ortho intramolecular Hbond substituents is 3. The fraction of sp³-hybridized carbons (Fsp3) is 0.556. The van der Waals surface area contributed by atoms with Crippen molar-refractivity contribution in [3.8, 4) is 50.6 Å². The summed E-state index contributed by atoms with van der Waals surface area (Å²) in [4.78, 5) is 0. The van der Waals surface area contributed by atoms with Crippen molar-refractivity contribution in [2.24, 2.45) is 16.2 Å². The molecule has 3 N–H and O–H groups in total. The molecule has 0 aliphatic heterocycles. The van der Waals surface area contributed by atoms with Crippen LogP contribution in [-0.2, 0) is 21.7 Å². The Labute approximate surface area is 348 Å². The van der Waals surface area contributed by atoms with Gasteiger partial charge < -0.3 is 15.3 Å². The third-order valence-corrected chi connectivity index (χ3v) is 12.8. The summed E-state index contributed by atoms with van der Waals surface area (Å²) >= 11 is 0. The molecule has 0 saturated heterocycles. The molecule has 4 rings (SSSR count). The largest absolute Gasteiger partial charge is 0.507 e. The van der Waals surface area contributed by atoms with Gasteiger partial charge in [0.1, 0.15) is 17.2 Å². The summed E-state index contributed by atoms with van der Waals surface area (Å²) in [6, 6.07) is 11.6. The first-order valence-electron chi connectivity index (χ1n) is 21.1. The number of benzene rings is 4. The summed E-state index contributed by atoms with van der Waals surface area (Å²) in [5, 5.41) is 36.9. The fourth-order valence-corrected chi connectivity index (χ4v) is 12.2. The zero-order valence-corrected chi connectivity index (χ0v) is 40.3. The average Bonchev–Trinajstić information content (AvgIpc) is 2.97. The molecule has 0 fully saturated rings. The van der Waals surface area contributed by atoms with Crippen LogP contribution in [0, 0.1) is 50.9 Å². The van der Waals surface area contributed by atoms with Crippen LogP contribution in [0.15, 0.2) is 36.4 Å². The highest BCUT2D eigenvalue weighted by Gasteiger charge is 2.62. The molecule has 0 radical (unpaired) electrons. The molecule has 3 nitrogen and oxygen atoms in total. The van der Waals surface area contributed by atoms with E-state index in [4.69, 9.17) is 0 Å². The minimum absolute atomic E-state index is 0.202. The first kappa shape index (κ1) is 46.0. The Balaban J connectivity index is 2.69. The topological polar surface area (TPSA) is 60.7 Å². The molecule has 3 heteroatoms. The molecule has 0 unspecified atom stereocenters. The average molecular weight is 775 g/mol. The van der Waals surface area contributed by atoms with Crippen molar-refractivity contribution in [2.45, 2.75) is 181 Å². The van der Waals surface area contributed by atoms with Gasteiger partial charge in [0.25, 0.3) is 0 Å². The molecule has 0 aliphatic rings. The number of rotatable bonds is 4. The zero-order chi connectivity index (χ0) is 44.1. The third kappa shape index (κ3) is 7.44. The van der Waals surface area contributed by atoms with Crippen molar-refractivity contribution < 1.29 is 15.3 Å². The lowest BCUT2D eigenvalue weighted by Crippen LogP contribution is -2.60. The molecule has 312 valence electrons. The van der Waals surface area contributed by atoms with Crippen molar-refractivity contribution in [3.63, 3.8) is 0 Å². The summed E-state index contributed by atoms with van der Waals surface area (Å²) < 4.78 is 0. The molecule has 4 aromatic rings. The number of phenols is 3. The second-order valence-electron chi connectivity index (χ2n) is 23.5. The van der Waals surface area contributed by atoms with Gasteiger partial charge in [-0.2, -0.15) is 0 Å². The summed E-state index contributed by atoms with van der Waals surface area (Å²) in [5.41, 5.74) is 12.5. The highest BCUT2D eigenvalue weighted by atomic mass is 16.3. The van der Waals surface area contributed by atoms with Crippen LogP contribution in [0.4, 0.5) is 0 Å².